The standard InChI is InChI=1S/C25H36N2O/c1-25(2,3)21-28-20-24(26-16-10-11-17-26)19-27(23-14-8-5-9-15-23)18-22-12-6-4-7-13-22/h4-9,12-15,24H,10-11,16-21H2,1-3H3. The fraction of sp³-hybridized carbons (Fsp3) is 0.520. The molecule has 0 radical (unpaired) electrons. The van der Waals surface area contributed by atoms with E-state index < -0.39 is 0 Å². The van der Waals surface area contributed by atoms with Crippen LogP contribution in [0.3, 0.4) is 0 Å². The van der Waals surface area contributed by atoms with Gasteiger partial charge in [0.2, 0.25) is 0 Å². The van der Waals surface area contributed by atoms with E-state index in [1.165, 1.54) is 37.2 Å². The highest BCUT2D eigenvalue weighted by atomic mass is 16.5. The van der Waals surface area contributed by atoms with Crippen LogP contribution in [0.2, 0.25) is 0 Å². The van der Waals surface area contributed by atoms with Crippen LogP contribution in [0.1, 0.15) is 39.2 Å². The van der Waals surface area contributed by atoms with Gasteiger partial charge in [-0.25, -0.2) is 0 Å². The van der Waals surface area contributed by atoms with Crippen LogP contribution in [-0.4, -0.2) is 43.8 Å². The molecular formula is C25H36N2O. The van der Waals surface area contributed by atoms with Gasteiger partial charge in [0, 0.05) is 18.8 Å². The number of para-hydroxylation sites is 1. The van der Waals surface area contributed by atoms with Gasteiger partial charge >= 0.3 is 0 Å². The zero-order valence-corrected chi connectivity index (χ0v) is 17.8. The molecule has 1 aliphatic rings. The number of rotatable bonds is 9. The number of benzene rings is 2. The molecule has 0 amide bonds. The van der Waals surface area contributed by atoms with Gasteiger partial charge in [-0.2, -0.15) is 0 Å². The van der Waals surface area contributed by atoms with E-state index in [0.717, 1.165) is 26.3 Å². The lowest BCUT2D eigenvalue weighted by atomic mass is 9.99. The molecule has 152 valence electrons. The van der Waals surface area contributed by atoms with Gasteiger partial charge in [0.25, 0.3) is 0 Å². The average Bonchev–Trinajstić information content (AvgIpc) is 3.22. The van der Waals surface area contributed by atoms with Crippen molar-refractivity contribution in [2.75, 3.05) is 37.7 Å². The molecule has 28 heavy (non-hydrogen) atoms. The van der Waals surface area contributed by atoms with Gasteiger partial charge in [-0.3, -0.25) is 4.90 Å². The molecule has 1 atom stereocenters. The Morgan fingerprint density at radius 3 is 2.14 bits per heavy atom. The van der Waals surface area contributed by atoms with Crippen molar-refractivity contribution in [3.63, 3.8) is 0 Å². The number of anilines is 1. The topological polar surface area (TPSA) is 15.7 Å². The smallest absolute Gasteiger partial charge is 0.0639 e. The highest BCUT2D eigenvalue weighted by Gasteiger charge is 2.25. The molecule has 1 unspecified atom stereocenters. The van der Waals surface area contributed by atoms with E-state index in [9.17, 15) is 0 Å². The fourth-order valence-corrected chi connectivity index (χ4v) is 3.84. The Morgan fingerprint density at radius 2 is 1.54 bits per heavy atom. The normalized spacial score (nSPS) is 16.2. The Hall–Kier alpha value is -1.84. The van der Waals surface area contributed by atoms with Crippen molar-refractivity contribution in [2.24, 2.45) is 5.41 Å². The molecule has 0 saturated carbocycles. The molecule has 2 aromatic rings. The summed E-state index contributed by atoms with van der Waals surface area (Å²) >= 11 is 0. The molecule has 3 rings (SSSR count). The molecule has 0 spiro atoms. The first-order valence-electron chi connectivity index (χ1n) is 10.7. The minimum Gasteiger partial charge on any atom is -0.379 e. The highest BCUT2D eigenvalue weighted by Crippen LogP contribution is 2.21. The Labute approximate surface area is 171 Å². The minimum absolute atomic E-state index is 0.207. The second kappa shape index (κ2) is 10.1. The van der Waals surface area contributed by atoms with Crippen molar-refractivity contribution in [2.45, 2.75) is 46.2 Å². The van der Waals surface area contributed by atoms with Crippen molar-refractivity contribution in [1.29, 1.82) is 0 Å². The third kappa shape index (κ3) is 6.65. The summed E-state index contributed by atoms with van der Waals surface area (Å²) in [4.78, 5) is 5.14. The third-order valence-electron chi connectivity index (χ3n) is 5.27. The summed E-state index contributed by atoms with van der Waals surface area (Å²) in [6, 6.07) is 22.0. The first kappa shape index (κ1) is 20.9. The van der Waals surface area contributed by atoms with Crippen LogP contribution in [0.25, 0.3) is 0 Å². The number of nitrogens with zero attached hydrogens (tertiary/aromatic N) is 2. The summed E-state index contributed by atoms with van der Waals surface area (Å²) in [5.74, 6) is 0. The maximum Gasteiger partial charge on any atom is 0.0639 e. The molecule has 0 N–H and O–H groups in total. The van der Waals surface area contributed by atoms with Crippen LogP contribution >= 0.6 is 0 Å². The fourth-order valence-electron chi connectivity index (χ4n) is 3.84. The van der Waals surface area contributed by atoms with E-state index in [0.29, 0.717) is 6.04 Å². The molecule has 3 heteroatoms. The summed E-state index contributed by atoms with van der Waals surface area (Å²) < 4.78 is 6.19. The molecule has 0 aromatic heterocycles. The lowest BCUT2D eigenvalue weighted by molar-refractivity contribution is 0.0318. The lowest BCUT2D eigenvalue weighted by Gasteiger charge is -2.35. The van der Waals surface area contributed by atoms with Gasteiger partial charge < -0.3 is 9.64 Å². The van der Waals surface area contributed by atoms with Crippen LogP contribution < -0.4 is 4.90 Å². The predicted octanol–water partition coefficient (Wildman–Crippen LogP) is 5.22. The molecule has 1 aliphatic heterocycles. The van der Waals surface area contributed by atoms with Crippen LogP contribution in [0.15, 0.2) is 60.7 Å². The summed E-state index contributed by atoms with van der Waals surface area (Å²) in [6.07, 6.45) is 2.61. The zero-order valence-electron chi connectivity index (χ0n) is 17.8. The van der Waals surface area contributed by atoms with Gasteiger partial charge in [-0.15, -0.1) is 0 Å². The Morgan fingerprint density at radius 1 is 0.929 bits per heavy atom. The summed E-state index contributed by atoms with van der Waals surface area (Å²) in [5, 5.41) is 0. The summed E-state index contributed by atoms with van der Waals surface area (Å²) in [5.41, 5.74) is 2.84. The van der Waals surface area contributed by atoms with Gasteiger partial charge in [-0.1, -0.05) is 69.3 Å². The number of hydrogen-bond acceptors (Lipinski definition) is 3. The molecule has 0 bridgehead atoms. The first-order valence-corrected chi connectivity index (χ1v) is 10.7. The highest BCUT2D eigenvalue weighted by molar-refractivity contribution is 5.47. The van der Waals surface area contributed by atoms with E-state index in [2.05, 4.69) is 91.2 Å². The molecular weight excluding hydrogens is 344 g/mol. The van der Waals surface area contributed by atoms with Crippen molar-refractivity contribution in [3.05, 3.63) is 66.2 Å². The van der Waals surface area contributed by atoms with Gasteiger partial charge in [0.1, 0.15) is 0 Å². The van der Waals surface area contributed by atoms with E-state index >= 15 is 0 Å². The Bertz CT molecular complexity index is 675. The predicted molar refractivity (Wildman–Crippen MR) is 119 cm³/mol. The van der Waals surface area contributed by atoms with Crippen molar-refractivity contribution < 1.29 is 4.74 Å². The Kier molecular flexibility index (Phi) is 7.52. The molecule has 0 aliphatic carbocycles. The monoisotopic (exact) mass is 380 g/mol. The van der Waals surface area contributed by atoms with Crippen molar-refractivity contribution >= 4 is 5.69 Å². The van der Waals surface area contributed by atoms with Gasteiger partial charge in [-0.05, 0) is 49.0 Å². The lowest BCUT2D eigenvalue weighted by Crippen LogP contribution is -2.46. The minimum atomic E-state index is 0.207. The molecule has 1 heterocycles. The third-order valence-corrected chi connectivity index (χ3v) is 5.27. The van der Waals surface area contributed by atoms with E-state index in [1.807, 2.05) is 0 Å². The quantitative estimate of drug-likeness (QED) is 0.593. The number of hydrogen-bond donors (Lipinski definition) is 0. The second-order valence-corrected chi connectivity index (χ2v) is 9.17. The molecule has 3 nitrogen and oxygen atoms in total. The van der Waals surface area contributed by atoms with Gasteiger partial charge in [0.15, 0.2) is 0 Å². The zero-order chi connectivity index (χ0) is 19.8. The van der Waals surface area contributed by atoms with Crippen LogP contribution in [-0.2, 0) is 11.3 Å². The Balaban J connectivity index is 1.74. The van der Waals surface area contributed by atoms with Crippen molar-refractivity contribution in [1.82, 2.24) is 4.90 Å². The molecule has 1 fully saturated rings. The number of likely N-dealkylation sites (tertiary alicyclic amines) is 1. The van der Waals surface area contributed by atoms with E-state index in [1.54, 1.807) is 0 Å². The summed E-state index contributed by atoms with van der Waals surface area (Å²) in [6.45, 7) is 12.6. The van der Waals surface area contributed by atoms with Gasteiger partial charge in [0.05, 0.1) is 19.3 Å². The average molecular weight is 381 g/mol. The van der Waals surface area contributed by atoms with E-state index in [4.69, 9.17) is 4.74 Å². The SMILES string of the molecule is CC(C)(C)COCC(CN(Cc1ccccc1)c1ccccc1)N1CCCC1. The molecule has 2 aromatic carbocycles. The first-order chi connectivity index (χ1) is 13.5. The van der Waals surface area contributed by atoms with E-state index in [-0.39, 0.29) is 5.41 Å². The number of ether oxygens (including phenoxy) is 1. The van der Waals surface area contributed by atoms with Crippen molar-refractivity contribution in [3.8, 4) is 0 Å². The van der Waals surface area contributed by atoms with Crippen LogP contribution in [0.4, 0.5) is 5.69 Å². The van der Waals surface area contributed by atoms with Crippen LogP contribution in [0.5, 0.6) is 0 Å². The largest absolute Gasteiger partial charge is 0.379 e. The molecule has 1 saturated heterocycles. The second-order valence-electron chi connectivity index (χ2n) is 9.17. The summed E-state index contributed by atoms with van der Waals surface area (Å²) in [7, 11) is 0. The van der Waals surface area contributed by atoms with Crippen LogP contribution in [0, 0.1) is 5.41 Å². The maximum absolute atomic E-state index is 6.19. The maximum atomic E-state index is 6.19.